The van der Waals surface area contributed by atoms with Crippen molar-refractivity contribution in [1.29, 1.82) is 0 Å². The van der Waals surface area contributed by atoms with Gasteiger partial charge in [0, 0.05) is 0 Å². The van der Waals surface area contributed by atoms with E-state index in [0.29, 0.717) is 6.42 Å². The van der Waals surface area contributed by atoms with E-state index >= 15 is 0 Å². The Morgan fingerprint density at radius 2 is 1.91 bits per heavy atom. The minimum absolute atomic E-state index is 0.413. The van der Waals surface area contributed by atoms with Crippen molar-refractivity contribution in [1.82, 2.24) is 0 Å². The normalized spacial score (nSPS) is 19.9. The zero-order valence-electron chi connectivity index (χ0n) is 12.7. The van der Waals surface area contributed by atoms with Gasteiger partial charge < -0.3 is 9.47 Å². The lowest BCUT2D eigenvalue weighted by atomic mass is 9.98. The van der Waals surface area contributed by atoms with Crippen LogP contribution in [0.25, 0.3) is 0 Å². The summed E-state index contributed by atoms with van der Waals surface area (Å²) in [6, 6.07) is 0. The van der Waals surface area contributed by atoms with Crippen LogP contribution in [0.2, 0.25) is 0 Å². The Morgan fingerprint density at radius 1 is 1.36 bits per heavy atom. The van der Waals surface area contributed by atoms with Gasteiger partial charge in [0.05, 0.1) is 12.5 Å². The number of rotatable bonds is 8. The summed E-state index contributed by atoms with van der Waals surface area (Å²) in [5, 5.41) is -4.40. The van der Waals surface area contributed by atoms with Gasteiger partial charge in [-0.2, -0.15) is 17.2 Å². The van der Waals surface area contributed by atoms with Gasteiger partial charge in [0.2, 0.25) is 0 Å². The summed E-state index contributed by atoms with van der Waals surface area (Å²) in [6.07, 6.45) is 4.21. The number of halogens is 2. The maximum absolute atomic E-state index is 12.9. The van der Waals surface area contributed by atoms with Gasteiger partial charge in [-0.1, -0.05) is 6.92 Å². The third-order valence-corrected chi connectivity index (χ3v) is 4.77. The zero-order chi connectivity index (χ0) is 17.0. The summed E-state index contributed by atoms with van der Waals surface area (Å²) in [4.78, 5) is 12.0. The molecule has 0 saturated heterocycles. The van der Waals surface area contributed by atoms with E-state index in [9.17, 15) is 22.0 Å². The second kappa shape index (κ2) is 7.18. The molecule has 0 aliphatic heterocycles. The Balaban J connectivity index is 2.45. The van der Waals surface area contributed by atoms with Crippen LogP contribution in [-0.2, 0) is 24.4 Å². The molecule has 1 atom stereocenters. The number of ether oxygens (including phenoxy) is 2. The first kappa shape index (κ1) is 19.2. The molecule has 1 N–H and O–H groups in total. The molecule has 1 saturated carbocycles. The van der Waals surface area contributed by atoms with E-state index in [2.05, 4.69) is 4.74 Å². The van der Waals surface area contributed by atoms with Crippen LogP contribution in [0.1, 0.15) is 46.0 Å². The molecule has 0 radical (unpaired) electrons. The summed E-state index contributed by atoms with van der Waals surface area (Å²) in [5.41, 5.74) is -0.482. The second-order valence-electron chi connectivity index (χ2n) is 5.69. The first-order valence-corrected chi connectivity index (χ1v) is 8.62. The van der Waals surface area contributed by atoms with Gasteiger partial charge in [-0.25, -0.2) is 0 Å². The molecular weight excluding hydrogens is 322 g/mol. The van der Waals surface area contributed by atoms with Gasteiger partial charge >= 0.3 is 21.3 Å². The number of alkyl halides is 2. The van der Waals surface area contributed by atoms with Gasteiger partial charge in [-0.05, 0) is 39.0 Å². The van der Waals surface area contributed by atoms with E-state index in [1.54, 1.807) is 0 Å². The molecule has 1 aliphatic carbocycles. The number of esters is 1. The van der Waals surface area contributed by atoms with Crippen LogP contribution >= 0.6 is 0 Å². The Bertz CT molecular complexity index is 485. The van der Waals surface area contributed by atoms with Crippen LogP contribution < -0.4 is 0 Å². The van der Waals surface area contributed by atoms with Gasteiger partial charge in [-0.3, -0.25) is 9.35 Å². The Morgan fingerprint density at radius 3 is 2.36 bits per heavy atom. The van der Waals surface area contributed by atoms with E-state index in [4.69, 9.17) is 9.29 Å². The molecule has 0 aromatic heterocycles. The number of hydrogen-bond donors (Lipinski definition) is 1. The van der Waals surface area contributed by atoms with Crippen LogP contribution in [0.5, 0.6) is 0 Å². The van der Waals surface area contributed by atoms with Crippen molar-refractivity contribution in [2.45, 2.75) is 56.8 Å². The molecule has 1 aliphatic rings. The average Bonchev–Trinajstić information content (AvgIpc) is 2.86. The molecule has 9 heteroatoms. The van der Waals surface area contributed by atoms with Crippen molar-refractivity contribution in [2.75, 3.05) is 13.2 Å². The van der Waals surface area contributed by atoms with E-state index in [1.165, 1.54) is 6.92 Å². The highest BCUT2D eigenvalue weighted by molar-refractivity contribution is 7.86. The SMILES string of the molecule is CCC1(OC(=O)C(C)COCC(F)(F)S(=O)(=O)O)CCCC1. The quantitative estimate of drug-likeness (QED) is 0.537. The minimum atomic E-state index is -5.53. The summed E-state index contributed by atoms with van der Waals surface area (Å²) in [6.45, 7) is 1.45. The summed E-state index contributed by atoms with van der Waals surface area (Å²) >= 11 is 0. The molecule has 0 aromatic rings. The monoisotopic (exact) mass is 344 g/mol. The number of hydrogen-bond acceptors (Lipinski definition) is 5. The van der Waals surface area contributed by atoms with Gasteiger partial charge in [-0.15, -0.1) is 0 Å². The number of carbonyl (C=O) groups excluding carboxylic acids is 1. The summed E-state index contributed by atoms with van der Waals surface area (Å²) < 4.78 is 65.1. The largest absolute Gasteiger partial charge is 0.459 e. The average molecular weight is 344 g/mol. The van der Waals surface area contributed by atoms with Crippen molar-refractivity contribution in [3.63, 3.8) is 0 Å². The molecule has 1 fully saturated rings. The fourth-order valence-electron chi connectivity index (χ4n) is 2.36. The van der Waals surface area contributed by atoms with Gasteiger partial charge in [0.15, 0.2) is 0 Å². The molecule has 1 rings (SSSR count). The number of carbonyl (C=O) groups is 1. The van der Waals surface area contributed by atoms with E-state index in [1.807, 2.05) is 6.92 Å². The summed E-state index contributed by atoms with van der Waals surface area (Å²) in [7, 11) is -5.53. The Hall–Kier alpha value is -0.800. The molecule has 6 nitrogen and oxygen atoms in total. The Kier molecular flexibility index (Phi) is 6.28. The van der Waals surface area contributed by atoms with Crippen molar-refractivity contribution in [2.24, 2.45) is 5.92 Å². The minimum Gasteiger partial charge on any atom is -0.459 e. The zero-order valence-corrected chi connectivity index (χ0v) is 13.5. The molecule has 1 unspecified atom stereocenters. The van der Waals surface area contributed by atoms with Crippen molar-refractivity contribution in [3.05, 3.63) is 0 Å². The lowest BCUT2D eigenvalue weighted by Crippen LogP contribution is -2.36. The molecule has 0 spiro atoms. The third kappa shape index (κ3) is 4.85. The fourth-order valence-corrected chi connectivity index (χ4v) is 2.59. The second-order valence-corrected chi connectivity index (χ2v) is 7.24. The highest BCUT2D eigenvalue weighted by Crippen LogP contribution is 2.36. The van der Waals surface area contributed by atoms with Crippen LogP contribution in [0.15, 0.2) is 0 Å². The maximum atomic E-state index is 12.9. The molecule has 0 amide bonds. The van der Waals surface area contributed by atoms with Crippen LogP contribution in [0.3, 0.4) is 0 Å². The van der Waals surface area contributed by atoms with Gasteiger partial charge in [0.25, 0.3) is 0 Å². The lowest BCUT2D eigenvalue weighted by Gasteiger charge is -2.29. The maximum Gasteiger partial charge on any atom is 0.392 e. The first-order valence-electron chi connectivity index (χ1n) is 7.18. The van der Waals surface area contributed by atoms with E-state index < -0.39 is 46.1 Å². The van der Waals surface area contributed by atoms with E-state index in [-0.39, 0.29) is 0 Å². The molecule has 0 aromatic carbocycles. The predicted octanol–water partition coefficient (Wildman–Crippen LogP) is 2.39. The van der Waals surface area contributed by atoms with Crippen molar-refractivity contribution >= 4 is 16.1 Å². The van der Waals surface area contributed by atoms with Gasteiger partial charge in [0.1, 0.15) is 12.2 Å². The molecular formula is C13H22F2O6S. The first-order chi connectivity index (χ1) is 10.0. The van der Waals surface area contributed by atoms with Crippen LogP contribution in [0.4, 0.5) is 8.78 Å². The predicted molar refractivity (Wildman–Crippen MR) is 74.1 cm³/mol. The van der Waals surface area contributed by atoms with Crippen LogP contribution in [0, 0.1) is 5.92 Å². The smallest absolute Gasteiger partial charge is 0.392 e. The third-order valence-electron chi connectivity index (χ3n) is 3.89. The van der Waals surface area contributed by atoms with Crippen molar-refractivity contribution < 1.29 is 36.0 Å². The van der Waals surface area contributed by atoms with Crippen molar-refractivity contribution in [3.8, 4) is 0 Å². The van der Waals surface area contributed by atoms with E-state index in [0.717, 1.165) is 25.7 Å². The molecule has 0 bridgehead atoms. The summed E-state index contributed by atoms with van der Waals surface area (Å²) in [5.74, 6) is -1.36. The highest BCUT2D eigenvalue weighted by Gasteiger charge is 2.44. The van der Waals surface area contributed by atoms with Crippen LogP contribution in [-0.4, -0.2) is 43.0 Å². The molecule has 0 heterocycles. The Labute approximate surface area is 128 Å². The highest BCUT2D eigenvalue weighted by atomic mass is 32.2. The molecule has 130 valence electrons. The molecule has 22 heavy (non-hydrogen) atoms. The fraction of sp³-hybridized carbons (Fsp3) is 0.923. The lowest BCUT2D eigenvalue weighted by molar-refractivity contribution is -0.167. The topological polar surface area (TPSA) is 89.9 Å². The standard InChI is InChI=1S/C13H22F2O6S/c1-3-12(6-4-5-7-12)21-11(16)10(2)8-20-9-13(14,15)22(17,18)19/h10H,3-9H2,1-2H3,(H,17,18,19).